The van der Waals surface area contributed by atoms with Gasteiger partial charge in [-0.05, 0) is 6.92 Å². The lowest BCUT2D eigenvalue weighted by Crippen LogP contribution is -2.35. The molecule has 1 aromatic heterocycles. The van der Waals surface area contributed by atoms with E-state index < -0.39 is 11.0 Å². The maximum absolute atomic E-state index is 11.3. The highest BCUT2D eigenvalue weighted by Crippen LogP contribution is 2.22. The van der Waals surface area contributed by atoms with Crippen LogP contribution in [0.15, 0.2) is 6.20 Å². The van der Waals surface area contributed by atoms with Gasteiger partial charge in [-0.15, -0.1) is 0 Å². The molecule has 0 aliphatic heterocycles. The molecule has 0 fully saturated rings. The average molecular weight is 255 g/mol. The highest BCUT2D eigenvalue weighted by atomic mass is 16.6. The second-order valence-electron chi connectivity index (χ2n) is 3.31. The van der Waals surface area contributed by atoms with E-state index in [0.29, 0.717) is 0 Å². The third kappa shape index (κ3) is 3.01. The van der Waals surface area contributed by atoms with Crippen molar-refractivity contribution in [2.75, 3.05) is 17.8 Å². The smallest absolute Gasteiger partial charge is 0.329 e. The van der Waals surface area contributed by atoms with E-state index in [-0.39, 0.29) is 23.4 Å². The molecule has 5 N–H and O–H groups in total. The number of carbonyl (C=O) groups is 1. The van der Waals surface area contributed by atoms with Crippen molar-refractivity contribution in [3.63, 3.8) is 0 Å². The monoisotopic (exact) mass is 255 g/mol. The molecule has 18 heavy (non-hydrogen) atoms. The van der Waals surface area contributed by atoms with Crippen LogP contribution in [0.4, 0.5) is 17.5 Å². The summed E-state index contributed by atoms with van der Waals surface area (Å²) in [6.45, 7) is 1.54. The second kappa shape index (κ2) is 5.72. The minimum atomic E-state index is -0.686. The van der Waals surface area contributed by atoms with Gasteiger partial charge in [-0.2, -0.15) is 4.98 Å². The molecule has 10 nitrogen and oxygen atoms in total. The summed E-state index contributed by atoms with van der Waals surface area (Å²) in [6.07, 6.45) is 1.00. The Morgan fingerprint density at radius 3 is 2.78 bits per heavy atom. The van der Waals surface area contributed by atoms with Crippen LogP contribution >= 0.6 is 0 Å². The third-order valence-corrected chi connectivity index (χ3v) is 2.09. The Hall–Kier alpha value is -2.49. The number of hydrazine groups is 1. The molecule has 1 amide bonds. The Kier molecular flexibility index (Phi) is 4.32. The molecule has 0 saturated heterocycles. The molecule has 0 spiro atoms. The second-order valence-corrected chi connectivity index (χ2v) is 3.31. The van der Waals surface area contributed by atoms with Gasteiger partial charge in [-0.3, -0.25) is 20.3 Å². The number of rotatable bonds is 5. The topological polar surface area (TPSA) is 148 Å². The van der Waals surface area contributed by atoms with E-state index in [2.05, 4.69) is 26.0 Å². The van der Waals surface area contributed by atoms with Crippen molar-refractivity contribution in [3.05, 3.63) is 16.3 Å². The lowest BCUT2D eigenvalue weighted by Gasteiger charge is -2.13. The van der Waals surface area contributed by atoms with E-state index in [1.807, 2.05) is 0 Å². The van der Waals surface area contributed by atoms with Gasteiger partial charge in [-0.1, -0.05) is 0 Å². The highest BCUT2D eigenvalue weighted by Gasteiger charge is 2.21. The van der Waals surface area contributed by atoms with Gasteiger partial charge in [0, 0.05) is 7.05 Å². The van der Waals surface area contributed by atoms with Gasteiger partial charge in [-0.25, -0.2) is 10.8 Å². The molecule has 0 bridgehead atoms. The van der Waals surface area contributed by atoms with E-state index in [0.717, 1.165) is 6.20 Å². The predicted octanol–water partition coefficient (Wildman–Crippen LogP) is -0.783. The number of hydrogen-bond acceptors (Lipinski definition) is 8. The first-order valence-electron chi connectivity index (χ1n) is 4.95. The van der Waals surface area contributed by atoms with E-state index in [4.69, 9.17) is 5.84 Å². The fourth-order valence-corrected chi connectivity index (χ4v) is 1.17. The molecule has 0 saturated carbocycles. The van der Waals surface area contributed by atoms with Crippen LogP contribution in [0.25, 0.3) is 0 Å². The van der Waals surface area contributed by atoms with E-state index in [1.165, 1.54) is 7.05 Å². The molecule has 0 aliphatic carbocycles. The standard InChI is InChI=1S/C8H13N7O3/c1-4(7(16)10-2)12-6-5(15(17)18)3-11-8(13-6)14-9/h3-4H,9H2,1-2H3,(H,10,16)(H2,11,12,13,14). The largest absolute Gasteiger partial charge is 0.357 e. The fraction of sp³-hybridized carbons (Fsp3) is 0.375. The zero-order valence-corrected chi connectivity index (χ0v) is 9.80. The zero-order chi connectivity index (χ0) is 13.7. The third-order valence-electron chi connectivity index (χ3n) is 2.09. The lowest BCUT2D eigenvalue weighted by atomic mass is 10.3. The van der Waals surface area contributed by atoms with Gasteiger partial charge in [0.1, 0.15) is 12.2 Å². The lowest BCUT2D eigenvalue weighted by molar-refractivity contribution is -0.384. The maximum Gasteiger partial charge on any atom is 0.329 e. The van der Waals surface area contributed by atoms with Crippen molar-refractivity contribution in [2.24, 2.45) is 5.84 Å². The molecule has 1 unspecified atom stereocenters. The van der Waals surface area contributed by atoms with Crippen molar-refractivity contribution in [1.82, 2.24) is 15.3 Å². The van der Waals surface area contributed by atoms with Crippen LogP contribution in [0.3, 0.4) is 0 Å². The number of hydrogen-bond donors (Lipinski definition) is 4. The average Bonchev–Trinajstić information content (AvgIpc) is 2.37. The van der Waals surface area contributed by atoms with Gasteiger partial charge in [0.25, 0.3) is 0 Å². The van der Waals surface area contributed by atoms with Crippen LogP contribution in [-0.4, -0.2) is 33.9 Å². The Labute approximate surface area is 102 Å². The number of nitrogens with zero attached hydrogens (tertiary/aromatic N) is 3. The Bertz CT molecular complexity index is 464. The van der Waals surface area contributed by atoms with Gasteiger partial charge in [0.05, 0.1) is 4.92 Å². The number of nitro groups is 1. The van der Waals surface area contributed by atoms with Crippen LogP contribution in [0.5, 0.6) is 0 Å². The van der Waals surface area contributed by atoms with Crippen molar-refractivity contribution in [3.8, 4) is 0 Å². The van der Waals surface area contributed by atoms with Gasteiger partial charge in [0.15, 0.2) is 0 Å². The predicted molar refractivity (Wildman–Crippen MR) is 63.6 cm³/mol. The molecule has 0 aromatic carbocycles. The summed E-state index contributed by atoms with van der Waals surface area (Å²) < 4.78 is 0. The summed E-state index contributed by atoms with van der Waals surface area (Å²) in [5.74, 6) is 4.70. The van der Waals surface area contributed by atoms with Gasteiger partial charge < -0.3 is 10.6 Å². The number of nitrogen functional groups attached to an aromatic ring is 1. The summed E-state index contributed by atoms with van der Waals surface area (Å²) in [4.78, 5) is 28.9. The number of amides is 1. The van der Waals surface area contributed by atoms with Crippen molar-refractivity contribution in [2.45, 2.75) is 13.0 Å². The molecule has 1 aromatic rings. The molecule has 0 radical (unpaired) electrons. The molecule has 1 atom stereocenters. The highest BCUT2D eigenvalue weighted by molar-refractivity contribution is 5.84. The Morgan fingerprint density at radius 1 is 1.61 bits per heavy atom. The number of nitrogens with two attached hydrogens (primary N) is 1. The quantitative estimate of drug-likeness (QED) is 0.304. The van der Waals surface area contributed by atoms with Crippen LogP contribution in [0, 0.1) is 10.1 Å². The van der Waals surface area contributed by atoms with Crippen LogP contribution in [0.2, 0.25) is 0 Å². The number of aromatic nitrogens is 2. The van der Waals surface area contributed by atoms with Gasteiger partial charge in [0.2, 0.25) is 17.7 Å². The summed E-state index contributed by atoms with van der Waals surface area (Å²) in [7, 11) is 1.46. The molecule has 10 heteroatoms. The van der Waals surface area contributed by atoms with E-state index in [1.54, 1.807) is 6.92 Å². The Balaban J connectivity index is 3.04. The Morgan fingerprint density at radius 2 is 2.28 bits per heavy atom. The summed E-state index contributed by atoms with van der Waals surface area (Å²) in [5.41, 5.74) is 1.82. The fourth-order valence-electron chi connectivity index (χ4n) is 1.17. The molecule has 1 heterocycles. The first-order chi connectivity index (χ1) is 8.49. The molecule has 0 aliphatic rings. The first kappa shape index (κ1) is 13.6. The number of likely N-dealkylation sites (N-methyl/N-ethyl adjacent to an activating group) is 1. The van der Waals surface area contributed by atoms with Crippen LogP contribution < -0.4 is 21.9 Å². The number of nitrogens with one attached hydrogen (secondary N) is 3. The minimum Gasteiger partial charge on any atom is -0.357 e. The van der Waals surface area contributed by atoms with Crippen molar-refractivity contribution in [1.29, 1.82) is 0 Å². The van der Waals surface area contributed by atoms with Crippen LogP contribution in [-0.2, 0) is 4.79 Å². The van der Waals surface area contributed by atoms with E-state index >= 15 is 0 Å². The molecular formula is C8H13N7O3. The summed E-state index contributed by atoms with van der Waals surface area (Å²) in [5, 5.41) is 15.8. The van der Waals surface area contributed by atoms with E-state index in [9.17, 15) is 14.9 Å². The molecular weight excluding hydrogens is 242 g/mol. The number of anilines is 2. The summed E-state index contributed by atoms with van der Waals surface area (Å²) >= 11 is 0. The first-order valence-corrected chi connectivity index (χ1v) is 4.95. The van der Waals surface area contributed by atoms with Crippen LogP contribution in [0.1, 0.15) is 6.92 Å². The normalized spacial score (nSPS) is 11.5. The number of carbonyl (C=O) groups excluding carboxylic acids is 1. The molecule has 98 valence electrons. The minimum absolute atomic E-state index is 0.00667. The molecule has 1 rings (SSSR count). The van der Waals surface area contributed by atoms with Gasteiger partial charge >= 0.3 is 5.69 Å². The summed E-state index contributed by atoms with van der Waals surface area (Å²) in [6, 6.07) is -0.686. The van der Waals surface area contributed by atoms with Crippen molar-refractivity contribution < 1.29 is 9.72 Å². The SMILES string of the molecule is CNC(=O)C(C)Nc1nc(NN)ncc1[N+](=O)[O-]. The maximum atomic E-state index is 11.3. The van der Waals surface area contributed by atoms with Crippen molar-refractivity contribution >= 4 is 23.4 Å². The zero-order valence-electron chi connectivity index (χ0n) is 9.80.